The number of likely N-dealkylation sites (tertiary alicyclic amines) is 1. The van der Waals surface area contributed by atoms with Crippen molar-refractivity contribution >= 4 is 5.91 Å². The molecule has 5 nitrogen and oxygen atoms in total. The Labute approximate surface area is 109 Å². The molecule has 2 aliphatic rings. The number of carbonyl (C=O) groups excluding carboxylic acids is 1. The lowest BCUT2D eigenvalue weighted by molar-refractivity contribution is -0.123. The van der Waals surface area contributed by atoms with Crippen molar-refractivity contribution in [2.75, 3.05) is 33.3 Å². The number of ether oxygens (including phenoxy) is 1. The summed E-state index contributed by atoms with van der Waals surface area (Å²) in [7, 11) is 1.70. The lowest BCUT2D eigenvalue weighted by Crippen LogP contribution is -2.47. The van der Waals surface area contributed by atoms with Crippen LogP contribution in [0.1, 0.15) is 26.2 Å². The van der Waals surface area contributed by atoms with Gasteiger partial charge in [-0.25, -0.2) is 0 Å². The van der Waals surface area contributed by atoms with Crippen LogP contribution in [0.5, 0.6) is 0 Å². The molecule has 0 bridgehead atoms. The standard InChI is InChI=1S/C13H25N3O2/c1-10(9-16-5-3-4-6-16)15-13(17)12-7-11(18-2)8-14-12/h10-12,14H,3-9H2,1-2H3,(H,15,17). The molecule has 0 aromatic carbocycles. The largest absolute Gasteiger partial charge is 0.380 e. The molecular weight excluding hydrogens is 230 g/mol. The van der Waals surface area contributed by atoms with Gasteiger partial charge in [0.15, 0.2) is 0 Å². The van der Waals surface area contributed by atoms with Gasteiger partial charge in [-0.15, -0.1) is 0 Å². The minimum atomic E-state index is -0.0871. The first-order valence-corrected chi connectivity index (χ1v) is 6.98. The average molecular weight is 255 g/mol. The third-order valence-corrected chi connectivity index (χ3v) is 3.86. The van der Waals surface area contributed by atoms with Crippen molar-refractivity contribution in [1.82, 2.24) is 15.5 Å². The fourth-order valence-electron chi connectivity index (χ4n) is 2.82. The van der Waals surface area contributed by atoms with Crippen molar-refractivity contribution in [2.24, 2.45) is 0 Å². The van der Waals surface area contributed by atoms with Crippen LogP contribution in [0.15, 0.2) is 0 Å². The van der Waals surface area contributed by atoms with Gasteiger partial charge in [0.25, 0.3) is 0 Å². The van der Waals surface area contributed by atoms with Crippen LogP contribution >= 0.6 is 0 Å². The molecule has 0 saturated carbocycles. The molecule has 2 saturated heterocycles. The zero-order valence-electron chi connectivity index (χ0n) is 11.4. The summed E-state index contributed by atoms with van der Waals surface area (Å²) in [4.78, 5) is 14.5. The molecule has 2 aliphatic heterocycles. The van der Waals surface area contributed by atoms with Gasteiger partial charge in [0, 0.05) is 26.2 Å². The normalized spacial score (nSPS) is 30.6. The molecule has 5 heteroatoms. The first-order chi connectivity index (χ1) is 8.69. The van der Waals surface area contributed by atoms with E-state index in [9.17, 15) is 4.79 Å². The summed E-state index contributed by atoms with van der Waals surface area (Å²) in [5.41, 5.74) is 0. The summed E-state index contributed by atoms with van der Waals surface area (Å²) >= 11 is 0. The second kappa shape index (κ2) is 6.50. The highest BCUT2D eigenvalue weighted by molar-refractivity contribution is 5.82. The van der Waals surface area contributed by atoms with E-state index in [1.165, 1.54) is 25.9 Å². The van der Waals surface area contributed by atoms with Crippen LogP contribution in [0.4, 0.5) is 0 Å². The molecule has 1 amide bonds. The Morgan fingerprint density at radius 2 is 2.22 bits per heavy atom. The molecule has 3 unspecified atom stereocenters. The Morgan fingerprint density at radius 1 is 1.50 bits per heavy atom. The number of carbonyl (C=O) groups is 1. The summed E-state index contributed by atoms with van der Waals surface area (Å²) in [6, 6.07) is 0.134. The van der Waals surface area contributed by atoms with Gasteiger partial charge >= 0.3 is 0 Å². The molecule has 0 radical (unpaired) electrons. The summed E-state index contributed by atoms with van der Waals surface area (Å²) in [6.07, 6.45) is 3.54. The Kier molecular flexibility index (Phi) is 4.97. The van der Waals surface area contributed by atoms with Gasteiger partial charge in [-0.1, -0.05) is 0 Å². The summed E-state index contributed by atoms with van der Waals surface area (Å²) in [5, 5.41) is 6.30. The number of rotatable bonds is 5. The van der Waals surface area contributed by atoms with Crippen LogP contribution in [0.2, 0.25) is 0 Å². The highest BCUT2D eigenvalue weighted by Crippen LogP contribution is 2.10. The van der Waals surface area contributed by atoms with E-state index >= 15 is 0 Å². The Hall–Kier alpha value is -0.650. The maximum atomic E-state index is 12.0. The SMILES string of the molecule is COC1CNC(C(=O)NC(C)CN2CCCC2)C1. The van der Waals surface area contributed by atoms with Crippen LogP contribution in [-0.2, 0) is 9.53 Å². The van der Waals surface area contributed by atoms with Crippen molar-refractivity contribution < 1.29 is 9.53 Å². The molecule has 104 valence electrons. The first-order valence-electron chi connectivity index (χ1n) is 6.98. The third kappa shape index (κ3) is 3.67. The molecule has 0 aliphatic carbocycles. The van der Waals surface area contributed by atoms with Crippen LogP contribution in [-0.4, -0.2) is 62.3 Å². The summed E-state index contributed by atoms with van der Waals surface area (Å²) < 4.78 is 5.25. The third-order valence-electron chi connectivity index (χ3n) is 3.86. The smallest absolute Gasteiger partial charge is 0.237 e. The maximum absolute atomic E-state index is 12.0. The molecule has 2 fully saturated rings. The number of methoxy groups -OCH3 is 1. The maximum Gasteiger partial charge on any atom is 0.237 e. The highest BCUT2D eigenvalue weighted by Gasteiger charge is 2.30. The van der Waals surface area contributed by atoms with Gasteiger partial charge in [0.1, 0.15) is 0 Å². The number of amides is 1. The van der Waals surface area contributed by atoms with Gasteiger partial charge < -0.3 is 20.3 Å². The van der Waals surface area contributed by atoms with E-state index in [-0.39, 0.29) is 24.1 Å². The lowest BCUT2D eigenvalue weighted by atomic mass is 10.2. The molecule has 0 aromatic rings. The van der Waals surface area contributed by atoms with Crippen molar-refractivity contribution in [2.45, 2.75) is 44.4 Å². The number of nitrogens with zero attached hydrogens (tertiary/aromatic N) is 1. The monoisotopic (exact) mass is 255 g/mol. The fraction of sp³-hybridized carbons (Fsp3) is 0.923. The van der Waals surface area contributed by atoms with Gasteiger partial charge in [-0.05, 0) is 39.3 Å². The van der Waals surface area contributed by atoms with Crippen LogP contribution in [0, 0.1) is 0 Å². The van der Waals surface area contributed by atoms with Crippen LogP contribution in [0.25, 0.3) is 0 Å². The van der Waals surface area contributed by atoms with E-state index in [2.05, 4.69) is 22.5 Å². The zero-order chi connectivity index (χ0) is 13.0. The van der Waals surface area contributed by atoms with E-state index in [1.54, 1.807) is 7.11 Å². The van der Waals surface area contributed by atoms with Gasteiger partial charge in [-0.2, -0.15) is 0 Å². The van der Waals surface area contributed by atoms with E-state index in [4.69, 9.17) is 4.74 Å². The van der Waals surface area contributed by atoms with Crippen LogP contribution in [0.3, 0.4) is 0 Å². The molecule has 2 rings (SSSR count). The average Bonchev–Trinajstić information content (AvgIpc) is 2.98. The Balaban J connectivity index is 1.70. The van der Waals surface area contributed by atoms with Crippen molar-refractivity contribution in [3.05, 3.63) is 0 Å². The fourth-order valence-corrected chi connectivity index (χ4v) is 2.82. The number of hydrogen-bond acceptors (Lipinski definition) is 4. The molecule has 0 aromatic heterocycles. The molecule has 0 spiro atoms. The van der Waals surface area contributed by atoms with Crippen molar-refractivity contribution in [3.8, 4) is 0 Å². The van der Waals surface area contributed by atoms with Gasteiger partial charge in [0.05, 0.1) is 12.1 Å². The van der Waals surface area contributed by atoms with E-state index < -0.39 is 0 Å². The molecule has 2 N–H and O–H groups in total. The predicted octanol–water partition coefficient (Wildman–Crippen LogP) is -0.0362. The second-order valence-electron chi connectivity index (χ2n) is 5.47. The summed E-state index contributed by atoms with van der Waals surface area (Å²) in [5.74, 6) is 0.112. The van der Waals surface area contributed by atoms with Crippen LogP contribution < -0.4 is 10.6 Å². The van der Waals surface area contributed by atoms with Gasteiger partial charge in [-0.3, -0.25) is 4.79 Å². The Bertz CT molecular complexity index is 279. The highest BCUT2D eigenvalue weighted by atomic mass is 16.5. The minimum Gasteiger partial charge on any atom is -0.380 e. The lowest BCUT2D eigenvalue weighted by Gasteiger charge is -2.22. The quantitative estimate of drug-likeness (QED) is 0.724. The number of hydrogen-bond donors (Lipinski definition) is 2. The molecular formula is C13H25N3O2. The van der Waals surface area contributed by atoms with Crippen molar-refractivity contribution in [1.29, 1.82) is 0 Å². The second-order valence-corrected chi connectivity index (χ2v) is 5.47. The molecule has 18 heavy (non-hydrogen) atoms. The summed E-state index contributed by atoms with van der Waals surface area (Å²) in [6.45, 7) is 6.17. The van der Waals surface area contributed by atoms with Crippen molar-refractivity contribution in [3.63, 3.8) is 0 Å². The van der Waals surface area contributed by atoms with E-state index in [0.717, 1.165) is 19.5 Å². The molecule has 2 heterocycles. The first kappa shape index (κ1) is 13.8. The Morgan fingerprint density at radius 3 is 2.83 bits per heavy atom. The zero-order valence-corrected chi connectivity index (χ0v) is 11.4. The predicted molar refractivity (Wildman–Crippen MR) is 70.5 cm³/mol. The number of nitrogens with one attached hydrogen (secondary N) is 2. The van der Waals surface area contributed by atoms with E-state index in [0.29, 0.717) is 0 Å². The molecule has 3 atom stereocenters. The van der Waals surface area contributed by atoms with Gasteiger partial charge in [0.2, 0.25) is 5.91 Å². The minimum absolute atomic E-state index is 0.0871. The van der Waals surface area contributed by atoms with E-state index in [1.807, 2.05) is 0 Å². The topological polar surface area (TPSA) is 53.6 Å².